The molecule has 44 heavy (non-hydrogen) atoms. The van der Waals surface area contributed by atoms with Crippen LogP contribution in [-0.2, 0) is 27.8 Å². The first-order valence-corrected chi connectivity index (χ1v) is 14.8. The highest BCUT2D eigenvalue weighted by Gasteiger charge is 2.56. The molecule has 0 aliphatic carbocycles. The summed E-state index contributed by atoms with van der Waals surface area (Å²) in [6.45, 7) is 6.56. The molecule has 4 aromatic rings. The number of aromatic nitrogens is 1. The van der Waals surface area contributed by atoms with Gasteiger partial charge in [0.25, 0.3) is 5.91 Å². The number of fused-ring (bicyclic) bond motifs is 5. The lowest BCUT2D eigenvalue weighted by molar-refractivity contribution is -0.167. The van der Waals surface area contributed by atoms with E-state index < -0.39 is 17.3 Å². The van der Waals surface area contributed by atoms with Crippen molar-refractivity contribution in [1.82, 2.24) is 14.8 Å². The summed E-state index contributed by atoms with van der Waals surface area (Å²) in [6, 6.07) is 18.5. The fourth-order valence-corrected chi connectivity index (χ4v) is 6.51. The number of carbonyl (C=O) groups is 2. The second-order valence-electron chi connectivity index (χ2n) is 11.4. The van der Waals surface area contributed by atoms with Crippen LogP contribution in [0.5, 0.6) is 11.5 Å². The van der Waals surface area contributed by atoms with Gasteiger partial charge in [0.05, 0.1) is 24.5 Å². The zero-order valence-electron chi connectivity index (χ0n) is 24.8. The Labute approximate surface area is 253 Å². The predicted molar refractivity (Wildman–Crippen MR) is 159 cm³/mol. The molecule has 1 N–H and O–H groups in total. The minimum absolute atomic E-state index is 0.117. The number of piperazine rings is 1. The third-order valence-electron chi connectivity index (χ3n) is 8.58. The van der Waals surface area contributed by atoms with Gasteiger partial charge in [-0.15, -0.1) is 0 Å². The van der Waals surface area contributed by atoms with Crippen LogP contribution in [0.1, 0.15) is 61.1 Å². The standard InChI is InChI=1S/C34H34F3N3O4/c1-4-15-44-27-14-13-22(17-28(27)43-5-2)25-19-40-29(41)20-39(18-21-9-8-10-23(16-21)34(35,36)37)32(42)33(40,3)31-30(25)24-11-6-7-12-26(24)38-31/h6-14,16-17,25,38H,4-5,15,18-20H2,1-3H3. The third kappa shape index (κ3) is 4.96. The van der Waals surface area contributed by atoms with E-state index in [0.29, 0.717) is 36.0 Å². The number of hydrogen-bond donors (Lipinski definition) is 1. The first-order valence-electron chi connectivity index (χ1n) is 14.8. The largest absolute Gasteiger partial charge is 0.490 e. The summed E-state index contributed by atoms with van der Waals surface area (Å²) >= 11 is 0. The fourth-order valence-electron chi connectivity index (χ4n) is 6.51. The van der Waals surface area contributed by atoms with E-state index in [1.165, 1.54) is 17.0 Å². The molecule has 230 valence electrons. The van der Waals surface area contributed by atoms with Crippen LogP contribution in [0.4, 0.5) is 13.2 Å². The fraction of sp³-hybridized carbons (Fsp3) is 0.353. The zero-order valence-corrected chi connectivity index (χ0v) is 24.8. The smallest absolute Gasteiger partial charge is 0.416 e. The molecule has 3 aromatic carbocycles. The van der Waals surface area contributed by atoms with Crippen molar-refractivity contribution in [2.24, 2.45) is 0 Å². The molecule has 1 saturated heterocycles. The Balaban J connectivity index is 1.44. The number of halogens is 3. The van der Waals surface area contributed by atoms with Crippen molar-refractivity contribution < 1.29 is 32.2 Å². The summed E-state index contributed by atoms with van der Waals surface area (Å²) in [5.74, 6) is 0.356. The van der Waals surface area contributed by atoms with E-state index in [0.717, 1.165) is 40.6 Å². The molecule has 2 aliphatic rings. The number of para-hydroxylation sites is 1. The monoisotopic (exact) mass is 605 g/mol. The average Bonchev–Trinajstić information content (AvgIpc) is 3.40. The highest BCUT2D eigenvalue weighted by molar-refractivity contribution is 6.01. The maximum atomic E-state index is 14.3. The van der Waals surface area contributed by atoms with Crippen LogP contribution in [0.3, 0.4) is 0 Å². The number of nitrogens with zero attached hydrogens (tertiary/aromatic N) is 2. The van der Waals surface area contributed by atoms with Crippen LogP contribution in [0.2, 0.25) is 0 Å². The number of benzene rings is 3. The Bertz CT molecular complexity index is 1730. The van der Waals surface area contributed by atoms with E-state index in [-0.39, 0.29) is 37.4 Å². The van der Waals surface area contributed by atoms with Crippen molar-refractivity contribution in [3.63, 3.8) is 0 Å². The summed E-state index contributed by atoms with van der Waals surface area (Å²) in [7, 11) is 0. The lowest BCUT2D eigenvalue weighted by atomic mass is 9.76. The Morgan fingerprint density at radius 2 is 1.77 bits per heavy atom. The van der Waals surface area contributed by atoms with Gasteiger partial charge in [0.1, 0.15) is 6.54 Å². The number of carbonyl (C=O) groups excluding carboxylic acids is 2. The van der Waals surface area contributed by atoms with Crippen molar-refractivity contribution in [2.45, 2.75) is 51.4 Å². The molecule has 2 unspecified atom stereocenters. The number of H-pyrrole nitrogens is 1. The molecule has 1 aromatic heterocycles. The maximum Gasteiger partial charge on any atom is 0.416 e. The van der Waals surface area contributed by atoms with E-state index in [4.69, 9.17) is 9.47 Å². The highest BCUT2D eigenvalue weighted by atomic mass is 19.4. The van der Waals surface area contributed by atoms with Gasteiger partial charge in [-0.2, -0.15) is 13.2 Å². The van der Waals surface area contributed by atoms with Crippen molar-refractivity contribution in [3.05, 3.63) is 94.7 Å². The quantitative estimate of drug-likeness (QED) is 0.246. The van der Waals surface area contributed by atoms with Gasteiger partial charge in [0.15, 0.2) is 17.0 Å². The van der Waals surface area contributed by atoms with Gasteiger partial charge >= 0.3 is 6.18 Å². The Morgan fingerprint density at radius 3 is 2.52 bits per heavy atom. The minimum atomic E-state index is -4.51. The van der Waals surface area contributed by atoms with Crippen molar-refractivity contribution in [1.29, 1.82) is 0 Å². The number of rotatable bonds is 8. The zero-order chi connectivity index (χ0) is 31.2. The SMILES string of the molecule is CCCOc1ccc(C2CN3C(=O)CN(Cc4cccc(C(F)(F)F)c4)C(=O)C3(C)c3[nH]c4ccccc4c32)cc1OCC. The van der Waals surface area contributed by atoms with Crippen LogP contribution in [0.15, 0.2) is 66.7 Å². The maximum absolute atomic E-state index is 14.3. The van der Waals surface area contributed by atoms with Gasteiger partial charge in [-0.1, -0.05) is 43.3 Å². The van der Waals surface area contributed by atoms with E-state index in [1.54, 1.807) is 11.8 Å². The van der Waals surface area contributed by atoms with Crippen LogP contribution < -0.4 is 9.47 Å². The molecule has 0 saturated carbocycles. The van der Waals surface area contributed by atoms with E-state index in [2.05, 4.69) is 4.98 Å². The minimum Gasteiger partial charge on any atom is -0.490 e. The average molecular weight is 606 g/mol. The molecule has 1 fully saturated rings. The number of ether oxygens (including phenoxy) is 2. The van der Waals surface area contributed by atoms with Crippen LogP contribution in [-0.4, -0.2) is 52.9 Å². The van der Waals surface area contributed by atoms with Crippen LogP contribution >= 0.6 is 0 Å². The summed E-state index contributed by atoms with van der Waals surface area (Å²) in [5.41, 5.74) is 1.38. The second-order valence-corrected chi connectivity index (χ2v) is 11.4. The summed E-state index contributed by atoms with van der Waals surface area (Å²) in [4.78, 5) is 34.6. The van der Waals surface area contributed by atoms with Gasteiger partial charge in [-0.05, 0) is 67.3 Å². The van der Waals surface area contributed by atoms with Gasteiger partial charge in [0, 0.05) is 29.9 Å². The van der Waals surface area contributed by atoms with E-state index >= 15 is 0 Å². The molecule has 2 aliphatic heterocycles. The third-order valence-corrected chi connectivity index (χ3v) is 8.58. The number of hydrogen-bond acceptors (Lipinski definition) is 4. The summed E-state index contributed by atoms with van der Waals surface area (Å²) < 4.78 is 52.0. The predicted octanol–water partition coefficient (Wildman–Crippen LogP) is 6.61. The summed E-state index contributed by atoms with van der Waals surface area (Å²) in [5, 5.41) is 0.938. The first kappa shape index (κ1) is 29.6. The Morgan fingerprint density at radius 1 is 0.977 bits per heavy atom. The van der Waals surface area contributed by atoms with E-state index in [1.807, 2.05) is 56.3 Å². The van der Waals surface area contributed by atoms with Crippen LogP contribution in [0.25, 0.3) is 10.9 Å². The molecule has 0 spiro atoms. The highest BCUT2D eigenvalue weighted by Crippen LogP contribution is 2.49. The van der Waals surface area contributed by atoms with Crippen LogP contribution in [0, 0.1) is 0 Å². The molecule has 2 amide bonds. The molecule has 0 radical (unpaired) electrons. The number of amides is 2. The van der Waals surface area contributed by atoms with Gasteiger partial charge in [0.2, 0.25) is 5.91 Å². The van der Waals surface area contributed by atoms with Gasteiger partial charge in [-0.25, -0.2) is 0 Å². The Hall–Kier alpha value is -4.47. The molecule has 2 atom stereocenters. The topological polar surface area (TPSA) is 74.9 Å². The molecule has 7 nitrogen and oxygen atoms in total. The number of nitrogens with one attached hydrogen (secondary N) is 1. The van der Waals surface area contributed by atoms with Gasteiger partial charge < -0.3 is 24.3 Å². The molecular formula is C34H34F3N3O4. The number of aromatic amines is 1. The Kier molecular flexibility index (Phi) is 7.55. The van der Waals surface area contributed by atoms with Gasteiger partial charge in [-0.3, -0.25) is 9.59 Å². The summed E-state index contributed by atoms with van der Waals surface area (Å²) in [6.07, 6.45) is -3.66. The van der Waals surface area contributed by atoms with E-state index in [9.17, 15) is 22.8 Å². The second kappa shape index (κ2) is 11.2. The molecule has 3 heterocycles. The number of alkyl halides is 3. The lowest BCUT2D eigenvalue weighted by Crippen LogP contribution is -2.67. The lowest BCUT2D eigenvalue weighted by Gasteiger charge is -2.51. The molecule has 10 heteroatoms. The molecule has 0 bridgehead atoms. The normalized spacial score (nSPS) is 20.1. The van der Waals surface area contributed by atoms with Crippen molar-refractivity contribution in [3.8, 4) is 11.5 Å². The van der Waals surface area contributed by atoms with Crippen molar-refractivity contribution in [2.75, 3.05) is 26.3 Å². The molecular weight excluding hydrogens is 571 g/mol. The first-order chi connectivity index (χ1) is 21.1. The molecule has 6 rings (SSSR count). The van der Waals surface area contributed by atoms with Crippen molar-refractivity contribution >= 4 is 22.7 Å².